The molecule has 6 nitrogen and oxygen atoms in total. The SMILES string of the molecule is CCN(C[C@@H]1[C@H](c2ccccc2)[C@H](CO)N1C(C)=O)C(=O)c1ccccn1. The molecule has 0 radical (unpaired) electrons. The summed E-state index contributed by atoms with van der Waals surface area (Å²) in [6, 6.07) is 14.7. The predicted octanol–water partition coefficient (Wildman–Crippen LogP) is 1.92. The molecule has 0 spiro atoms. The molecule has 3 rings (SSSR count). The maximum atomic E-state index is 12.8. The molecule has 1 aliphatic rings. The van der Waals surface area contributed by atoms with E-state index in [1.165, 1.54) is 6.92 Å². The van der Waals surface area contributed by atoms with Crippen molar-refractivity contribution >= 4 is 11.8 Å². The standard InChI is InChI=1S/C21H25N3O3/c1-3-23(21(27)17-11-7-8-12-22-17)13-18-20(16-9-5-4-6-10-16)19(14-25)24(18)15(2)26/h4-12,18-20,25H,3,13-14H2,1-2H3/t18-,19+,20+/m1/s1. The predicted molar refractivity (Wildman–Crippen MR) is 102 cm³/mol. The first-order valence-corrected chi connectivity index (χ1v) is 9.23. The molecule has 0 saturated carbocycles. The number of benzene rings is 1. The highest BCUT2D eigenvalue weighted by Gasteiger charge is 2.50. The molecule has 1 N–H and O–H groups in total. The van der Waals surface area contributed by atoms with Crippen molar-refractivity contribution in [2.24, 2.45) is 0 Å². The van der Waals surface area contributed by atoms with Crippen LogP contribution in [0, 0.1) is 0 Å². The van der Waals surface area contributed by atoms with E-state index in [1.54, 1.807) is 34.2 Å². The number of amides is 2. The van der Waals surface area contributed by atoms with Gasteiger partial charge >= 0.3 is 0 Å². The lowest BCUT2D eigenvalue weighted by Crippen LogP contribution is -2.68. The Morgan fingerprint density at radius 2 is 1.81 bits per heavy atom. The normalized spacial score (nSPS) is 21.4. The average molecular weight is 367 g/mol. The average Bonchev–Trinajstić information content (AvgIpc) is 2.68. The van der Waals surface area contributed by atoms with Gasteiger partial charge in [-0.1, -0.05) is 36.4 Å². The van der Waals surface area contributed by atoms with Crippen LogP contribution in [-0.4, -0.2) is 63.5 Å². The van der Waals surface area contributed by atoms with Crippen molar-refractivity contribution in [3.05, 3.63) is 66.0 Å². The Labute approximate surface area is 159 Å². The van der Waals surface area contributed by atoms with Crippen LogP contribution in [0.3, 0.4) is 0 Å². The Morgan fingerprint density at radius 3 is 2.37 bits per heavy atom. The lowest BCUT2D eigenvalue weighted by atomic mass is 9.74. The fraction of sp³-hybridized carbons (Fsp3) is 0.381. The fourth-order valence-electron chi connectivity index (χ4n) is 3.97. The smallest absolute Gasteiger partial charge is 0.272 e. The molecule has 2 heterocycles. The molecule has 1 aliphatic heterocycles. The van der Waals surface area contributed by atoms with Crippen molar-refractivity contribution in [1.29, 1.82) is 0 Å². The zero-order valence-corrected chi connectivity index (χ0v) is 15.7. The molecular formula is C21H25N3O3. The molecule has 0 unspecified atom stereocenters. The summed E-state index contributed by atoms with van der Waals surface area (Å²) in [6.07, 6.45) is 1.60. The summed E-state index contributed by atoms with van der Waals surface area (Å²) in [5.41, 5.74) is 1.46. The Morgan fingerprint density at radius 1 is 1.11 bits per heavy atom. The van der Waals surface area contributed by atoms with Crippen molar-refractivity contribution in [3.8, 4) is 0 Å². The second kappa shape index (κ2) is 8.31. The van der Waals surface area contributed by atoms with Crippen LogP contribution < -0.4 is 0 Å². The third-order valence-electron chi connectivity index (χ3n) is 5.24. The van der Waals surface area contributed by atoms with Crippen LogP contribution in [0.1, 0.15) is 35.8 Å². The molecule has 1 saturated heterocycles. The number of rotatable bonds is 6. The minimum atomic E-state index is -0.265. The van der Waals surface area contributed by atoms with Crippen molar-refractivity contribution in [2.45, 2.75) is 31.8 Å². The number of likely N-dealkylation sites (N-methyl/N-ethyl adjacent to an activating group) is 1. The van der Waals surface area contributed by atoms with Crippen LogP contribution in [0.5, 0.6) is 0 Å². The molecule has 27 heavy (non-hydrogen) atoms. The number of carbonyl (C=O) groups is 2. The first-order chi connectivity index (χ1) is 13.1. The van der Waals surface area contributed by atoms with Crippen molar-refractivity contribution in [1.82, 2.24) is 14.8 Å². The summed E-state index contributed by atoms with van der Waals surface area (Å²) in [7, 11) is 0. The zero-order valence-electron chi connectivity index (χ0n) is 15.7. The van der Waals surface area contributed by atoms with Gasteiger partial charge in [0.25, 0.3) is 5.91 Å². The van der Waals surface area contributed by atoms with E-state index in [0.29, 0.717) is 18.8 Å². The highest BCUT2D eigenvalue weighted by molar-refractivity contribution is 5.92. The summed E-state index contributed by atoms with van der Waals surface area (Å²) in [4.78, 5) is 32.6. The molecule has 2 amide bonds. The van der Waals surface area contributed by atoms with E-state index in [1.807, 2.05) is 37.3 Å². The van der Waals surface area contributed by atoms with Crippen LogP contribution in [0.25, 0.3) is 0 Å². The van der Waals surface area contributed by atoms with Gasteiger partial charge in [0, 0.05) is 32.1 Å². The molecular weight excluding hydrogens is 342 g/mol. The maximum Gasteiger partial charge on any atom is 0.272 e. The summed E-state index contributed by atoms with van der Waals surface area (Å²) in [6.45, 7) is 4.24. The van der Waals surface area contributed by atoms with E-state index in [-0.39, 0.29) is 36.4 Å². The summed E-state index contributed by atoms with van der Waals surface area (Å²) < 4.78 is 0. The minimum Gasteiger partial charge on any atom is -0.394 e. The Balaban J connectivity index is 1.86. The number of nitrogens with zero attached hydrogens (tertiary/aromatic N) is 3. The largest absolute Gasteiger partial charge is 0.394 e. The zero-order chi connectivity index (χ0) is 19.4. The van der Waals surface area contributed by atoms with E-state index < -0.39 is 0 Å². The Bertz CT molecular complexity index is 782. The summed E-state index contributed by atoms with van der Waals surface area (Å²) >= 11 is 0. The van der Waals surface area contributed by atoms with Gasteiger partial charge in [0.15, 0.2) is 0 Å². The number of aliphatic hydroxyl groups is 1. The minimum absolute atomic E-state index is 0.00863. The van der Waals surface area contributed by atoms with Gasteiger partial charge in [-0.2, -0.15) is 0 Å². The van der Waals surface area contributed by atoms with Crippen molar-refractivity contribution < 1.29 is 14.7 Å². The second-order valence-electron chi connectivity index (χ2n) is 6.74. The number of carbonyl (C=O) groups excluding carboxylic acids is 2. The number of pyridine rings is 1. The van der Waals surface area contributed by atoms with Gasteiger partial charge in [0.2, 0.25) is 5.91 Å². The van der Waals surface area contributed by atoms with Crippen LogP contribution in [0.15, 0.2) is 54.7 Å². The van der Waals surface area contributed by atoms with Crippen LogP contribution in [0.4, 0.5) is 0 Å². The van der Waals surface area contributed by atoms with Gasteiger partial charge in [0.05, 0.1) is 18.7 Å². The number of hydrogen-bond donors (Lipinski definition) is 1. The maximum absolute atomic E-state index is 12.8. The highest BCUT2D eigenvalue weighted by Crippen LogP contribution is 2.41. The van der Waals surface area contributed by atoms with Crippen LogP contribution in [0.2, 0.25) is 0 Å². The summed E-state index contributed by atoms with van der Waals surface area (Å²) in [5, 5.41) is 9.85. The van der Waals surface area contributed by atoms with E-state index in [4.69, 9.17) is 0 Å². The van der Waals surface area contributed by atoms with Gasteiger partial charge in [-0.05, 0) is 24.6 Å². The molecule has 1 aromatic heterocycles. The third-order valence-corrected chi connectivity index (χ3v) is 5.24. The van der Waals surface area contributed by atoms with E-state index in [0.717, 1.165) is 5.56 Å². The van der Waals surface area contributed by atoms with Crippen molar-refractivity contribution in [2.75, 3.05) is 19.7 Å². The van der Waals surface area contributed by atoms with Gasteiger partial charge in [-0.15, -0.1) is 0 Å². The molecule has 3 atom stereocenters. The quantitative estimate of drug-likeness (QED) is 0.847. The number of hydrogen-bond acceptors (Lipinski definition) is 4. The highest BCUT2D eigenvalue weighted by atomic mass is 16.3. The van der Waals surface area contributed by atoms with Crippen LogP contribution in [-0.2, 0) is 4.79 Å². The van der Waals surface area contributed by atoms with Gasteiger partial charge < -0.3 is 14.9 Å². The summed E-state index contributed by atoms with van der Waals surface area (Å²) in [5.74, 6) is -0.251. The molecule has 2 aromatic rings. The molecule has 1 fully saturated rings. The first-order valence-electron chi connectivity index (χ1n) is 9.23. The molecule has 0 aliphatic carbocycles. The van der Waals surface area contributed by atoms with Crippen LogP contribution >= 0.6 is 0 Å². The second-order valence-corrected chi connectivity index (χ2v) is 6.74. The molecule has 1 aromatic carbocycles. The number of aliphatic hydroxyl groups excluding tert-OH is 1. The first kappa shape index (κ1) is 19.0. The van der Waals surface area contributed by atoms with Gasteiger partial charge in [0.1, 0.15) is 5.69 Å². The van der Waals surface area contributed by atoms with E-state index in [9.17, 15) is 14.7 Å². The lowest BCUT2D eigenvalue weighted by Gasteiger charge is -2.55. The monoisotopic (exact) mass is 367 g/mol. The Kier molecular flexibility index (Phi) is 5.86. The van der Waals surface area contributed by atoms with Gasteiger partial charge in [-0.3, -0.25) is 14.6 Å². The molecule has 142 valence electrons. The van der Waals surface area contributed by atoms with E-state index in [2.05, 4.69) is 4.98 Å². The topological polar surface area (TPSA) is 73.7 Å². The van der Waals surface area contributed by atoms with E-state index >= 15 is 0 Å². The third kappa shape index (κ3) is 3.71. The number of likely N-dealkylation sites (tertiary alicyclic amines) is 1. The lowest BCUT2D eigenvalue weighted by molar-refractivity contribution is -0.149. The molecule has 0 bridgehead atoms. The Hall–Kier alpha value is -2.73. The van der Waals surface area contributed by atoms with Crippen molar-refractivity contribution in [3.63, 3.8) is 0 Å². The number of aromatic nitrogens is 1. The fourth-order valence-corrected chi connectivity index (χ4v) is 3.97. The molecule has 6 heteroatoms. The van der Waals surface area contributed by atoms with Gasteiger partial charge in [-0.25, -0.2) is 0 Å².